The first-order chi connectivity index (χ1) is 11.3. The maximum absolute atomic E-state index is 12.0. The molecule has 0 spiro atoms. The van der Waals surface area contributed by atoms with Crippen LogP contribution in [-0.4, -0.2) is 69.7 Å². The highest BCUT2D eigenvalue weighted by Crippen LogP contribution is 2.11. The van der Waals surface area contributed by atoms with Crippen LogP contribution in [0.5, 0.6) is 0 Å². The fourth-order valence-electron chi connectivity index (χ4n) is 2.41. The second-order valence-electron chi connectivity index (χ2n) is 6.85. The summed E-state index contributed by atoms with van der Waals surface area (Å²) < 4.78 is 7.41. The van der Waals surface area contributed by atoms with Crippen LogP contribution in [0.4, 0.5) is 4.79 Å². The molecular formula is C16H28N6O2. The van der Waals surface area contributed by atoms with Gasteiger partial charge in [0.05, 0.1) is 6.33 Å². The molecule has 1 aromatic heterocycles. The largest absolute Gasteiger partial charge is 0.444 e. The molecule has 2 rings (SSSR count). The van der Waals surface area contributed by atoms with Crippen LogP contribution in [0.1, 0.15) is 27.2 Å². The fraction of sp³-hybridized carbons (Fsp3) is 0.688. The Labute approximate surface area is 143 Å². The SMILES string of the molecule is CC(C)(C)OC(=O)N1CCN(C(N)=NCCCn2ccnc2)CC1. The summed E-state index contributed by atoms with van der Waals surface area (Å²) >= 11 is 0. The third kappa shape index (κ3) is 5.75. The van der Waals surface area contributed by atoms with Gasteiger partial charge in [-0.2, -0.15) is 0 Å². The number of carbonyl (C=O) groups excluding carboxylic acids is 1. The first-order valence-corrected chi connectivity index (χ1v) is 8.34. The smallest absolute Gasteiger partial charge is 0.410 e. The summed E-state index contributed by atoms with van der Waals surface area (Å²) in [5.41, 5.74) is 5.58. The molecule has 8 nitrogen and oxygen atoms in total. The number of aromatic nitrogens is 2. The van der Waals surface area contributed by atoms with E-state index in [1.165, 1.54) is 0 Å². The lowest BCUT2D eigenvalue weighted by Crippen LogP contribution is -2.53. The Morgan fingerprint density at radius 3 is 2.50 bits per heavy atom. The molecule has 1 aliphatic rings. The lowest BCUT2D eigenvalue weighted by Gasteiger charge is -2.36. The minimum Gasteiger partial charge on any atom is -0.444 e. The van der Waals surface area contributed by atoms with E-state index in [1.807, 2.05) is 36.4 Å². The Kier molecular flexibility index (Phi) is 6.05. The zero-order chi connectivity index (χ0) is 17.6. The summed E-state index contributed by atoms with van der Waals surface area (Å²) in [5, 5.41) is 0. The van der Waals surface area contributed by atoms with Gasteiger partial charge in [-0.15, -0.1) is 0 Å². The molecule has 2 heterocycles. The number of rotatable bonds is 4. The molecule has 1 aromatic rings. The van der Waals surface area contributed by atoms with Gasteiger partial charge in [0.15, 0.2) is 5.96 Å². The zero-order valence-corrected chi connectivity index (χ0v) is 14.8. The Hall–Kier alpha value is -2.25. The summed E-state index contributed by atoms with van der Waals surface area (Å²) in [4.78, 5) is 24.2. The molecule has 2 N–H and O–H groups in total. The molecule has 0 saturated carbocycles. The van der Waals surface area contributed by atoms with Crippen molar-refractivity contribution in [2.24, 2.45) is 10.7 Å². The number of nitrogens with two attached hydrogens (primary N) is 1. The number of carbonyl (C=O) groups is 1. The van der Waals surface area contributed by atoms with Crippen LogP contribution >= 0.6 is 0 Å². The summed E-state index contributed by atoms with van der Waals surface area (Å²) in [6, 6.07) is 0. The summed E-state index contributed by atoms with van der Waals surface area (Å²) in [5.74, 6) is 0.546. The van der Waals surface area contributed by atoms with Crippen LogP contribution in [-0.2, 0) is 11.3 Å². The van der Waals surface area contributed by atoms with E-state index in [-0.39, 0.29) is 6.09 Å². The number of imidazole rings is 1. The van der Waals surface area contributed by atoms with Gasteiger partial charge in [-0.1, -0.05) is 0 Å². The van der Waals surface area contributed by atoms with E-state index >= 15 is 0 Å². The molecule has 0 aromatic carbocycles. The van der Waals surface area contributed by atoms with E-state index in [2.05, 4.69) is 9.98 Å². The molecule has 0 unspecified atom stereocenters. The van der Waals surface area contributed by atoms with Crippen molar-refractivity contribution in [3.8, 4) is 0 Å². The fourth-order valence-corrected chi connectivity index (χ4v) is 2.41. The van der Waals surface area contributed by atoms with Gasteiger partial charge < -0.3 is 24.8 Å². The van der Waals surface area contributed by atoms with Gasteiger partial charge in [0.2, 0.25) is 0 Å². The highest BCUT2D eigenvalue weighted by molar-refractivity contribution is 5.78. The number of hydrogen-bond donors (Lipinski definition) is 1. The maximum atomic E-state index is 12.0. The quantitative estimate of drug-likeness (QED) is 0.506. The molecule has 0 bridgehead atoms. The number of aryl methyl sites for hydroxylation is 1. The molecule has 24 heavy (non-hydrogen) atoms. The Bertz CT molecular complexity index is 541. The lowest BCUT2D eigenvalue weighted by atomic mass is 10.2. The highest BCUT2D eigenvalue weighted by atomic mass is 16.6. The van der Waals surface area contributed by atoms with Gasteiger partial charge in [0, 0.05) is 51.7 Å². The normalized spacial score (nSPS) is 16.4. The van der Waals surface area contributed by atoms with Crippen molar-refractivity contribution < 1.29 is 9.53 Å². The molecule has 1 fully saturated rings. The van der Waals surface area contributed by atoms with Crippen molar-refractivity contribution >= 4 is 12.1 Å². The summed E-state index contributed by atoms with van der Waals surface area (Å²) in [7, 11) is 0. The van der Waals surface area contributed by atoms with Crippen molar-refractivity contribution in [2.45, 2.75) is 39.3 Å². The molecule has 1 saturated heterocycles. The first kappa shape index (κ1) is 18.1. The number of amides is 1. The predicted octanol–water partition coefficient (Wildman–Crippen LogP) is 1.14. The monoisotopic (exact) mass is 336 g/mol. The second-order valence-corrected chi connectivity index (χ2v) is 6.85. The van der Waals surface area contributed by atoms with Crippen LogP contribution in [0.2, 0.25) is 0 Å². The van der Waals surface area contributed by atoms with E-state index in [0.29, 0.717) is 38.7 Å². The molecule has 1 aliphatic heterocycles. The average molecular weight is 336 g/mol. The lowest BCUT2D eigenvalue weighted by molar-refractivity contribution is 0.0186. The second kappa shape index (κ2) is 8.03. The topological polar surface area (TPSA) is 89.0 Å². The van der Waals surface area contributed by atoms with Gasteiger partial charge >= 0.3 is 6.09 Å². The van der Waals surface area contributed by atoms with Gasteiger partial charge in [0.25, 0.3) is 0 Å². The van der Waals surface area contributed by atoms with Gasteiger partial charge in [-0.05, 0) is 27.2 Å². The third-order valence-electron chi connectivity index (χ3n) is 3.66. The number of piperazine rings is 1. The number of ether oxygens (including phenoxy) is 1. The number of hydrogen-bond acceptors (Lipinski definition) is 4. The molecule has 0 aliphatic carbocycles. The molecule has 0 atom stereocenters. The Morgan fingerprint density at radius 1 is 1.25 bits per heavy atom. The van der Waals surface area contributed by atoms with Gasteiger partial charge in [-0.25, -0.2) is 9.78 Å². The number of aliphatic imine (C=N–C) groups is 1. The van der Waals surface area contributed by atoms with E-state index in [0.717, 1.165) is 13.0 Å². The zero-order valence-electron chi connectivity index (χ0n) is 14.8. The third-order valence-corrected chi connectivity index (χ3v) is 3.66. The molecule has 134 valence electrons. The van der Waals surface area contributed by atoms with Crippen molar-refractivity contribution in [3.05, 3.63) is 18.7 Å². The standard InChI is InChI=1S/C16H28N6O2/c1-16(2,3)24-15(23)22-11-9-21(10-12-22)14(17)19-5-4-7-20-8-6-18-13-20/h6,8,13H,4-5,7,9-12H2,1-3H3,(H2,17,19). The average Bonchev–Trinajstić information content (AvgIpc) is 3.03. The van der Waals surface area contributed by atoms with Crippen molar-refractivity contribution in [1.82, 2.24) is 19.4 Å². The Morgan fingerprint density at radius 2 is 1.92 bits per heavy atom. The van der Waals surface area contributed by atoms with Crippen molar-refractivity contribution in [3.63, 3.8) is 0 Å². The molecule has 1 amide bonds. The maximum Gasteiger partial charge on any atom is 0.410 e. The van der Waals surface area contributed by atoms with E-state index in [4.69, 9.17) is 10.5 Å². The van der Waals surface area contributed by atoms with Crippen LogP contribution in [0.25, 0.3) is 0 Å². The van der Waals surface area contributed by atoms with Crippen LogP contribution in [0.3, 0.4) is 0 Å². The number of nitrogens with zero attached hydrogens (tertiary/aromatic N) is 5. The van der Waals surface area contributed by atoms with E-state index in [9.17, 15) is 4.79 Å². The van der Waals surface area contributed by atoms with E-state index < -0.39 is 5.60 Å². The minimum atomic E-state index is -0.468. The molecular weight excluding hydrogens is 308 g/mol. The van der Waals surface area contributed by atoms with Crippen molar-refractivity contribution in [1.29, 1.82) is 0 Å². The Balaban J connectivity index is 1.70. The van der Waals surface area contributed by atoms with Gasteiger partial charge in [0.1, 0.15) is 5.60 Å². The molecule has 0 radical (unpaired) electrons. The summed E-state index contributed by atoms with van der Waals surface area (Å²) in [6.45, 7) is 9.72. The minimum absolute atomic E-state index is 0.266. The van der Waals surface area contributed by atoms with Crippen molar-refractivity contribution in [2.75, 3.05) is 32.7 Å². The molecule has 8 heteroatoms. The first-order valence-electron chi connectivity index (χ1n) is 8.34. The highest BCUT2D eigenvalue weighted by Gasteiger charge is 2.26. The number of guanidine groups is 1. The predicted molar refractivity (Wildman–Crippen MR) is 92.7 cm³/mol. The van der Waals surface area contributed by atoms with E-state index in [1.54, 1.807) is 17.4 Å². The van der Waals surface area contributed by atoms with Crippen LogP contribution < -0.4 is 5.73 Å². The van der Waals surface area contributed by atoms with Crippen LogP contribution in [0.15, 0.2) is 23.7 Å². The van der Waals surface area contributed by atoms with Gasteiger partial charge in [-0.3, -0.25) is 4.99 Å². The van der Waals surface area contributed by atoms with Crippen LogP contribution in [0, 0.1) is 0 Å². The summed E-state index contributed by atoms with van der Waals surface area (Å²) in [6.07, 6.45) is 6.14.